The van der Waals surface area contributed by atoms with E-state index in [4.69, 9.17) is 4.99 Å². The lowest BCUT2D eigenvalue weighted by molar-refractivity contribution is 0.266. The molecule has 0 saturated heterocycles. The smallest absolute Gasteiger partial charge is 0.161 e. The Bertz CT molecular complexity index is 549. The third kappa shape index (κ3) is 3.03. The summed E-state index contributed by atoms with van der Waals surface area (Å²) in [6, 6.07) is 4.97. The van der Waals surface area contributed by atoms with Gasteiger partial charge in [0, 0.05) is 11.4 Å². The molecule has 2 unspecified atom stereocenters. The average molecular weight is 357 g/mol. The van der Waals surface area contributed by atoms with E-state index in [1.54, 1.807) is 23.9 Å². The van der Waals surface area contributed by atoms with Gasteiger partial charge >= 0.3 is 0 Å². The van der Waals surface area contributed by atoms with Crippen molar-refractivity contribution in [2.45, 2.75) is 38.1 Å². The predicted octanol–water partition coefficient (Wildman–Crippen LogP) is 5.05. The Hall–Kier alpha value is -0.550. The van der Waals surface area contributed by atoms with Crippen molar-refractivity contribution in [2.75, 3.05) is 11.1 Å². The lowest BCUT2D eigenvalue weighted by Gasteiger charge is -2.33. The highest BCUT2D eigenvalue weighted by atomic mass is 79.9. The molecule has 5 heteroatoms. The average Bonchev–Trinajstić information content (AvgIpc) is 2.76. The monoisotopic (exact) mass is 356 g/mol. The van der Waals surface area contributed by atoms with Crippen LogP contribution in [0.4, 0.5) is 10.1 Å². The van der Waals surface area contributed by atoms with E-state index in [1.165, 1.54) is 31.7 Å². The number of hydrogen-bond acceptors (Lipinski definition) is 3. The van der Waals surface area contributed by atoms with Crippen molar-refractivity contribution in [1.82, 2.24) is 0 Å². The van der Waals surface area contributed by atoms with E-state index < -0.39 is 0 Å². The van der Waals surface area contributed by atoms with Crippen LogP contribution in [-0.2, 0) is 0 Å². The molecule has 1 aliphatic heterocycles. The maximum atomic E-state index is 13.2. The van der Waals surface area contributed by atoms with E-state index in [9.17, 15) is 4.39 Å². The second-order valence-corrected chi connectivity index (χ2v) is 7.70. The van der Waals surface area contributed by atoms with Gasteiger partial charge in [0.2, 0.25) is 0 Å². The number of aliphatic imine (C=N–C) groups is 1. The Labute approximate surface area is 131 Å². The Morgan fingerprint density at radius 1 is 1.50 bits per heavy atom. The van der Waals surface area contributed by atoms with Crippen LogP contribution in [0.1, 0.15) is 32.6 Å². The van der Waals surface area contributed by atoms with Gasteiger partial charge in [0.1, 0.15) is 5.82 Å². The number of benzene rings is 1. The Morgan fingerprint density at radius 3 is 3.10 bits per heavy atom. The summed E-state index contributed by atoms with van der Waals surface area (Å²) in [6.07, 6.45) is 5.00. The van der Waals surface area contributed by atoms with Gasteiger partial charge in [-0.2, -0.15) is 0 Å². The van der Waals surface area contributed by atoms with Gasteiger partial charge in [-0.1, -0.05) is 31.5 Å². The molecule has 2 atom stereocenters. The minimum absolute atomic E-state index is 0.141. The van der Waals surface area contributed by atoms with Crippen molar-refractivity contribution in [1.29, 1.82) is 0 Å². The summed E-state index contributed by atoms with van der Waals surface area (Å²) in [5, 5.41) is 4.28. The van der Waals surface area contributed by atoms with E-state index in [-0.39, 0.29) is 11.4 Å². The van der Waals surface area contributed by atoms with Crippen LogP contribution >= 0.6 is 27.7 Å². The molecule has 0 radical (unpaired) electrons. The van der Waals surface area contributed by atoms with Gasteiger partial charge in [-0.3, -0.25) is 4.99 Å². The van der Waals surface area contributed by atoms with Gasteiger partial charge in [0.15, 0.2) is 5.17 Å². The Kier molecular flexibility index (Phi) is 4.09. The molecule has 1 heterocycles. The fourth-order valence-corrected chi connectivity index (χ4v) is 4.67. The highest BCUT2D eigenvalue weighted by Gasteiger charge is 2.39. The second-order valence-electron chi connectivity index (χ2n) is 5.89. The molecule has 2 aliphatic rings. The van der Waals surface area contributed by atoms with Crippen LogP contribution in [0, 0.1) is 11.7 Å². The maximum Gasteiger partial charge on any atom is 0.161 e. The molecule has 1 spiro atoms. The van der Waals surface area contributed by atoms with E-state index in [0.29, 0.717) is 4.47 Å². The topological polar surface area (TPSA) is 24.4 Å². The van der Waals surface area contributed by atoms with Crippen LogP contribution in [0.25, 0.3) is 0 Å². The van der Waals surface area contributed by atoms with E-state index in [2.05, 4.69) is 28.2 Å². The van der Waals surface area contributed by atoms with E-state index in [1.807, 2.05) is 0 Å². The summed E-state index contributed by atoms with van der Waals surface area (Å²) in [5.74, 6) is 1.60. The van der Waals surface area contributed by atoms with Gasteiger partial charge in [-0.05, 0) is 52.9 Å². The minimum atomic E-state index is -0.242. The van der Waals surface area contributed by atoms with Crippen molar-refractivity contribution < 1.29 is 4.39 Å². The number of halogens is 2. The predicted molar refractivity (Wildman–Crippen MR) is 88.0 cm³/mol. The lowest BCUT2D eigenvalue weighted by atomic mass is 9.78. The lowest BCUT2D eigenvalue weighted by Crippen LogP contribution is -2.33. The molecule has 0 bridgehead atoms. The van der Waals surface area contributed by atoms with Gasteiger partial charge in [-0.15, -0.1) is 0 Å². The van der Waals surface area contributed by atoms with Crippen LogP contribution in [0.3, 0.4) is 0 Å². The molecule has 1 aromatic carbocycles. The Balaban J connectivity index is 1.73. The zero-order valence-corrected chi connectivity index (χ0v) is 13.9. The Morgan fingerprint density at radius 2 is 2.35 bits per heavy atom. The summed E-state index contributed by atoms with van der Waals surface area (Å²) in [6.45, 7) is 2.32. The normalized spacial score (nSPS) is 29.6. The quantitative estimate of drug-likeness (QED) is 0.760. The van der Waals surface area contributed by atoms with Crippen LogP contribution in [0.5, 0.6) is 0 Å². The first kappa shape index (κ1) is 14.4. The SMILES string of the molecule is CC1CCCC2(CSC(Nc3ccc(F)c(Br)c3)=N2)C1. The number of nitrogens with one attached hydrogen (secondary N) is 1. The number of thioether (sulfide) groups is 1. The van der Waals surface area contributed by atoms with Gasteiger partial charge in [0.25, 0.3) is 0 Å². The number of anilines is 1. The molecule has 0 aromatic heterocycles. The zero-order chi connectivity index (χ0) is 14.2. The molecule has 0 amide bonds. The van der Waals surface area contributed by atoms with Gasteiger partial charge < -0.3 is 5.32 Å². The number of amidine groups is 1. The van der Waals surface area contributed by atoms with Crippen molar-refractivity contribution in [3.63, 3.8) is 0 Å². The molecule has 20 heavy (non-hydrogen) atoms. The molecule has 2 nitrogen and oxygen atoms in total. The maximum absolute atomic E-state index is 13.2. The molecule has 3 rings (SSSR count). The molecule has 1 fully saturated rings. The first-order valence-electron chi connectivity index (χ1n) is 7.01. The minimum Gasteiger partial charge on any atom is -0.335 e. The van der Waals surface area contributed by atoms with Crippen LogP contribution in [0.15, 0.2) is 27.7 Å². The van der Waals surface area contributed by atoms with Crippen molar-refractivity contribution in [3.8, 4) is 0 Å². The van der Waals surface area contributed by atoms with Crippen LogP contribution < -0.4 is 5.32 Å². The third-order valence-electron chi connectivity index (χ3n) is 4.05. The third-order valence-corrected chi connectivity index (χ3v) is 5.81. The summed E-state index contributed by atoms with van der Waals surface area (Å²) in [7, 11) is 0. The first-order valence-corrected chi connectivity index (χ1v) is 8.79. The molecule has 1 N–H and O–H groups in total. The van der Waals surface area contributed by atoms with Crippen molar-refractivity contribution in [2.24, 2.45) is 10.9 Å². The highest BCUT2D eigenvalue weighted by Crippen LogP contribution is 2.42. The number of nitrogens with zero attached hydrogens (tertiary/aromatic N) is 1. The molecule has 1 aromatic rings. The van der Waals surface area contributed by atoms with E-state index >= 15 is 0 Å². The summed E-state index contributed by atoms with van der Waals surface area (Å²) in [4.78, 5) is 4.94. The largest absolute Gasteiger partial charge is 0.335 e. The summed E-state index contributed by atoms with van der Waals surface area (Å²) < 4.78 is 13.7. The molecular weight excluding hydrogens is 339 g/mol. The van der Waals surface area contributed by atoms with Crippen LogP contribution in [0.2, 0.25) is 0 Å². The van der Waals surface area contributed by atoms with Crippen LogP contribution in [-0.4, -0.2) is 16.5 Å². The fraction of sp³-hybridized carbons (Fsp3) is 0.533. The second kappa shape index (κ2) is 5.68. The molecule has 108 valence electrons. The fourth-order valence-electron chi connectivity index (χ4n) is 3.11. The summed E-state index contributed by atoms with van der Waals surface area (Å²) >= 11 is 5.00. The number of hydrogen-bond donors (Lipinski definition) is 1. The van der Waals surface area contributed by atoms with Gasteiger partial charge in [0.05, 0.1) is 10.0 Å². The van der Waals surface area contributed by atoms with Crippen molar-refractivity contribution in [3.05, 3.63) is 28.5 Å². The first-order chi connectivity index (χ1) is 9.56. The summed E-state index contributed by atoms with van der Waals surface area (Å²) in [5.41, 5.74) is 1.02. The molecule has 1 saturated carbocycles. The highest BCUT2D eigenvalue weighted by molar-refractivity contribution is 9.10. The molecular formula is C15H18BrFN2S. The standard InChI is InChI=1S/C15H18BrFN2S/c1-10-3-2-6-15(8-10)9-20-14(19-15)18-11-4-5-13(17)12(16)7-11/h4-5,7,10H,2-3,6,8-9H2,1H3,(H,18,19). The number of rotatable bonds is 1. The molecule has 1 aliphatic carbocycles. The van der Waals surface area contributed by atoms with Crippen molar-refractivity contribution >= 4 is 38.5 Å². The van der Waals surface area contributed by atoms with E-state index in [0.717, 1.165) is 22.5 Å². The van der Waals surface area contributed by atoms with Gasteiger partial charge in [-0.25, -0.2) is 4.39 Å². The zero-order valence-electron chi connectivity index (χ0n) is 11.5.